The van der Waals surface area contributed by atoms with Gasteiger partial charge in [-0.25, -0.2) is 4.98 Å². The number of aryl methyl sites for hydroxylation is 3. The lowest BCUT2D eigenvalue weighted by molar-refractivity contribution is -0.122. The largest absolute Gasteiger partial charge is 0.351 e. The molecule has 2 heterocycles. The van der Waals surface area contributed by atoms with Crippen LogP contribution >= 0.6 is 0 Å². The van der Waals surface area contributed by atoms with Crippen molar-refractivity contribution in [1.29, 1.82) is 0 Å². The van der Waals surface area contributed by atoms with Crippen molar-refractivity contribution in [2.75, 3.05) is 13.1 Å². The molecule has 1 aliphatic carbocycles. The minimum Gasteiger partial charge on any atom is -0.351 e. The number of benzene rings is 1. The van der Waals surface area contributed by atoms with Crippen molar-refractivity contribution < 1.29 is 4.79 Å². The van der Waals surface area contributed by atoms with Crippen molar-refractivity contribution >= 4 is 5.91 Å². The van der Waals surface area contributed by atoms with E-state index in [0.29, 0.717) is 13.1 Å². The van der Waals surface area contributed by atoms with E-state index in [1.807, 2.05) is 12.1 Å². The van der Waals surface area contributed by atoms with Gasteiger partial charge in [0.2, 0.25) is 5.91 Å². The topological polar surface area (TPSA) is 61.0 Å². The van der Waals surface area contributed by atoms with E-state index < -0.39 is 0 Å². The van der Waals surface area contributed by atoms with Crippen molar-refractivity contribution in [3.63, 3.8) is 0 Å². The van der Waals surface area contributed by atoms with Crippen molar-refractivity contribution in [3.8, 4) is 0 Å². The highest BCUT2D eigenvalue weighted by molar-refractivity contribution is 5.78. The van der Waals surface area contributed by atoms with Crippen molar-refractivity contribution in [2.24, 2.45) is 0 Å². The van der Waals surface area contributed by atoms with Crippen LogP contribution in [0.3, 0.4) is 0 Å². The Balaban J connectivity index is 1.37. The number of nitrogens with zero attached hydrogens (tertiary/aromatic N) is 2. The zero-order valence-corrected chi connectivity index (χ0v) is 15.6. The fourth-order valence-corrected chi connectivity index (χ4v) is 4.20. The van der Waals surface area contributed by atoms with E-state index in [9.17, 15) is 4.79 Å². The smallest absolute Gasteiger partial charge is 0.234 e. The van der Waals surface area contributed by atoms with Gasteiger partial charge < -0.3 is 10.3 Å². The van der Waals surface area contributed by atoms with Crippen LogP contribution < -0.4 is 5.32 Å². The van der Waals surface area contributed by atoms with Gasteiger partial charge in [0.1, 0.15) is 5.82 Å². The molecule has 4 rings (SSSR count). The molecule has 0 saturated carbocycles. The molecule has 1 fully saturated rings. The molecule has 1 aromatic heterocycles. The highest BCUT2D eigenvalue weighted by atomic mass is 16.2. The van der Waals surface area contributed by atoms with Crippen LogP contribution in [0.25, 0.3) is 0 Å². The molecule has 2 N–H and O–H groups in total. The fourth-order valence-electron chi connectivity index (χ4n) is 4.20. The Morgan fingerprint density at radius 1 is 1.27 bits per heavy atom. The van der Waals surface area contributed by atoms with Gasteiger partial charge in [0.15, 0.2) is 0 Å². The van der Waals surface area contributed by atoms with Crippen LogP contribution in [-0.4, -0.2) is 33.9 Å². The Bertz CT molecular complexity index is 759. The lowest BCUT2D eigenvalue weighted by Crippen LogP contribution is -2.37. The molecule has 5 heteroatoms. The molecule has 5 nitrogen and oxygen atoms in total. The number of nitrogens with one attached hydrogen (secondary N) is 2. The third-order valence-corrected chi connectivity index (χ3v) is 5.74. The molecule has 26 heavy (non-hydrogen) atoms. The number of aromatic amines is 1. The first-order chi connectivity index (χ1) is 12.7. The van der Waals surface area contributed by atoms with E-state index in [-0.39, 0.29) is 11.9 Å². The molecule has 0 spiro atoms. The molecule has 2 aliphatic rings. The lowest BCUT2D eigenvalue weighted by atomic mass is 10.0. The van der Waals surface area contributed by atoms with Gasteiger partial charge >= 0.3 is 0 Å². The number of carbonyl (C=O) groups is 1. The van der Waals surface area contributed by atoms with Gasteiger partial charge in [-0.3, -0.25) is 9.69 Å². The summed E-state index contributed by atoms with van der Waals surface area (Å²) < 4.78 is 0. The van der Waals surface area contributed by atoms with E-state index in [2.05, 4.69) is 34.3 Å². The number of amides is 1. The normalized spacial score (nSPS) is 20.1. The fraction of sp³-hybridized carbons (Fsp3) is 0.524. The van der Waals surface area contributed by atoms with Crippen LogP contribution in [0, 0.1) is 6.92 Å². The first-order valence-corrected chi connectivity index (χ1v) is 9.83. The van der Waals surface area contributed by atoms with Crippen molar-refractivity contribution in [3.05, 3.63) is 52.6 Å². The Morgan fingerprint density at radius 3 is 2.96 bits per heavy atom. The zero-order chi connectivity index (χ0) is 17.9. The molecule has 1 aromatic carbocycles. The summed E-state index contributed by atoms with van der Waals surface area (Å²) in [5.74, 6) is 1.16. The van der Waals surface area contributed by atoms with Crippen LogP contribution in [0.2, 0.25) is 0 Å². The molecular formula is C21H28N4O. The van der Waals surface area contributed by atoms with E-state index in [1.165, 1.54) is 35.4 Å². The molecule has 138 valence electrons. The molecule has 1 aliphatic heterocycles. The Hall–Kier alpha value is -2.14. The Kier molecular flexibility index (Phi) is 5.07. The van der Waals surface area contributed by atoms with E-state index in [1.54, 1.807) is 0 Å². The van der Waals surface area contributed by atoms with Gasteiger partial charge in [-0.05, 0) is 63.1 Å². The predicted octanol–water partition coefficient (Wildman–Crippen LogP) is 3.05. The number of hydrogen-bond acceptors (Lipinski definition) is 3. The number of likely N-dealkylation sites (tertiary alicyclic amines) is 1. The van der Waals surface area contributed by atoms with Gasteiger partial charge in [0.05, 0.1) is 18.3 Å². The van der Waals surface area contributed by atoms with E-state index in [4.69, 9.17) is 4.98 Å². The summed E-state index contributed by atoms with van der Waals surface area (Å²) in [6.45, 7) is 4.09. The number of H-pyrrole nitrogens is 1. The maximum Gasteiger partial charge on any atom is 0.234 e. The number of rotatable bonds is 5. The monoisotopic (exact) mass is 352 g/mol. The number of carbonyl (C=O) groups excluding carboxylic acids is 1. The van der Waals surface area contributed by atoms with E-state index in [0.717, 1.165) is 38.1 Å². The number of fused-ring (bicyclic) bond motifs is 1. The van der Waals surface area contributed by atoms with Crippen molar-refractivity contribution in [1.82, 2.24) is 20.2 Å². The molecular weight excluding hydrogens is 324 g/mol. The van der Waals surface area contributed by atoms with Gasteiger partial charge in [-0.15, -0.1) is 0 Å². The van der Waals surface area contributed by atoms with Gasteiger partial charge in [-0.2, -0.15) is 0 Å². The summed E-state index contributed by atoms with van der Waals surface area (Å²) in [5.41, 5.74) is 4.97. The minimum atomic E-state index is 0.0940. The van der Waals surface area contributed by atoms with Gasteiger partial charge in [0.25, 0.3) is 0 Å². The minimum absolute atomic E-state index is 0.0940. The molecule has 1 amide bonds. The quantitative estimate of drug-likeness (QED) is 0.869. The second-order valence-electron chi connectivity index (χ2n) is 7.59. The third-order valence-electron chi connectivity index (χ3n) is 5.74. The SMILES string of the molecule is Cc1ccccc1CNC(=O)CN1CCC[C@H]1c1nc2c([nH]1)CCCC2. The van der Waals surface area contributed by atoms with Crippen molar-refractivity contribution in [2.45, 2.75) is 58.0 Å². The van der Waals surface area contributed by atoms with Crippen LogP contribution in [0.4, 0.5) is 0 Å². The summed E-state index contributed by atoms with van der Waals surface area (Å²) in [7, 11) is 0. The summed E-state index contributed by atoms with van der Waals surface area (Å²) in [5, 5.41) is 3.08. The molecule has 0 bridgehead atoms. The van der Waals surface area contributed by atoms with Gasteiger partial charge in [-0.1, -0.05) is 24.3 Å². The van der Waals surface area contributed by atoms with Crippen LogP contribution in [0.1, 0.15) is 60.1 Å². The summed E-state index contributed by atoms with van der Waals surface area (Å²) >= 11 is 0. The molecule has 1 atom stereocenters. The Labute approximate surface area is 155 Å². The first kappa shape index (κ1) is 17.3. The standard InChI is InChI=1S/C21H28N4O/c1-15-7-2-3-8-16(15)13-22-20(26)14-25-12-6-11-19(25)21-23-17-9-4-5-10-18(17)24-21/h2-3,7-8,19H,4-6,9-14H2,1H3,(H,22,26)(H,23,24)/t19-/m0/s1. The first-order valence-electron chi connectivity index (χ1n) is 9.83. The molecule has 0 radical (unpaired) electrons. The third kappa shape index (κ3) is 3.68. The molecule has 2 aromatic rings. The van der Waals surface area contributed by atoms with Crippen LogP contribution in [0.15, 0.2) is 24.3 Å². The van der Waals surface area contributed by atoms with Crippen LogP contribution in [-0.2, 0) is 24.2 Å². The number of imidazole rings is 1. The zero-order valence-electron chi connectivity index (χ0n) is 15.6. The number of aromatic nitrogens is 2. The number of hydrogen-bond donors (Lipinski definition) is 2. The Morgan fingerprint density at radius 2 is 2.12 bits per heavy atom. The maximum absolute atomic E-state index is 12.5. The average Bonchev–Trinajstić information content (AvgIpc) is 3.27. The predicted molar refractivity (Wildman–Crippen MR) is 102 cm³/mol. The second-order valence-corrected chi connectivity index (χ2v) is 7.59. The second kappa shape index (κ2) is 7.62. The average molecular weight is 352 g/mol. The van der Waals surface area contributed by atoms with E-state index >= 15 is 0 Å². The summed E-state index contributed by atoms with van der Waals surface area (Å²) in [4.78, 5) is 23.2. The highest BCUT2D eigenvalue weighted by Crippen LogP contribution is 2.31. The molecule has 1 saturated heterocycles. The summed E-state index contributed by atoms with van der Waals surface area (Å²) in [6, 6.07) is 8.45. The van der Waals surface area contributed by atoms with Crippen LogP contribution in [0.5, 0.6) is 0 Å². The lowest BCUT2D eigenvalue weighted by Gasteiger charge is -2.22. The summed E-state index contributed by atoms with van der Waals surface area (Å²) in [6.07, 6.45) is 6.91. The maximum atomic E-state index is 12.5. The highest BCUT2D eigenvalue weighted by Gasteiger charge is 2.30. The van der Waals surface area contributed by atoms with Gasteiger partial charge in [0, 0.05) is 12.2 Å². The molecule has 0 unspecified atom stereocenters.